The zero-order valence-electron chi connectivity index (χ0n) is 23.9. The first-order valence-corrected chi connectivity index (χ1v) is 16.9. The molecule has 0 N–H and O–H groups in total. The molecular weight excluding hydrogens is 612 g/mol. The number of hydrogen-bond acceptors (Lipinski definition) is 3. The van der Waals surface area contributed by atoms with Crippen molar-refractivity contribution in [1.82, 2.24) is 0 Å². The first-order valence-electron chi connectivity index (χ1n) is 14.0. The van der Waals surface area contributed by atoms with Gasteiger partial charge in [-0.1, -0.05) is 127 Å². The van der Waals surface area contributed by atoms with Crippen LogP contribution in [-0.2, 0) is 10.1 Å². The fourth-order valence-corrected chi connectivity index (χ4v) is 7.38. The van der Waals surface area contributed by atoms with E-state index < -0.39 is 23.5 Å². The second kappa shape index (κ2) is 14.0. The molecule has 0 saturated heterocycles. The van der Waals surface area contributed by atoms with E-state index in [9.17, 15) is 13.2 Å². The molecule has 0 radical (unpaired) electrons. The fourth-order valence-electron chi connectivity index (χ4n) is 4.88. The van der Waals surface area contributed by atoms with Gasteiger partial charge in [0.25, 0.3) is 0 Å². The van der Waals surface area contributed by atoms with Crippen molar-refractivity contribution in [1.29, 1.82) is 0 Å². The highest BCUT2D eigenvalue weighted by atomic mass is 32.2. The average Bonchev–Trinajstić information content (AvgIpc) is 3.06. The molecule has 0 spiro atoms. The second-order valence-corrected chi connectivity index (χ2v) is 14.0. The molecule has 0 aliphatic rings. The van der Waals surface area contributed by atoms with Gasteiger partial charge in [-0.2, -0.15) is 13.2 Å². The van der Waals surface area contributed by atoms with Crippen molar-refractivity contribution >= 4 is 34.0 Å². The topological polar surface area (TPSA) is 57.2 Å². The Balaban J connectivity index is 0.000000444. The molecule has 8 heteroatoms. The number of rotatable bonds is 6. The molecular formula is C37H28F3O3PS. The summed E-state index contributed by atoms with van der Waals surface area (Å²) in [4.78, 5) is 0. The molecule has 0 aromatic heterocycles. The fraction of sp³-hybridized carbons (Fsp3) is 0.0270. The number of hydrogen-bond donors (Lipinski definition) is 0. The molecule has 226 valence electrons. The maximum absolute atomic E-state index is 10.7. The van der Waals surface area contributed by atoms with Crippen LogP contribution in [0.3, 0.4) is 0 Å². The molecule has 0 heterocycles. The van der Waals surface area contributed by atoms with Crippen LogP contribution in [0.15, 0.2) is 164 Å². The predicted octanol–water partition coefficient (Wildman–Crippen LogP) is 8.23. The second-order valence-electron chi connectivity index (χ2n) is 10.1. The van der Waals surface area contributed by atoms with E-state index in [1.165, 1.54) is 49.3 Å². The molecule has 0 amide bonds. The van der Waals surface area contributed by atoms with E-state index in [4.69, 9.17) is 13.0 Å². The SMILES string of the molecule is O=S(=O)([O-])C(F)(F)F.c1ccc(-c2ccc([PH+](c3ccc(-c4ccccc4)cc3)c3ccc(-c4ccccc4)cc3)cc2)cc1. The molecule has 0 bridgehead atoms. The van der Waals surface area contributed by atoms with Crippen molar-refractivity contribution in [3.05, 3.63) is 164 Å². The van der Waals surface area contributed by atoms with Crippen LogP contribution in [0.5, 0.6) is 0 Å². The quantitative estimate of drug-likeness (QED) is 0.105. The third-order valence-corrected chi connectivity index (χ3v) is 10.4. The minimum Gasteiger partial charge on any atom is -0.741 e. The van der Waals surface area contributed by atoms with Crippen LogP contribution in [0.4, 0.5) is 13.2 Å². The Labute approximate surface area is 262 Å². The first kappa shape index (κ1) is 31.9. The summed E-state index contributed by atoms with van der Waals surface area (Å²) in [6.45, 7) is 0. The summed E-state index contributed by atoms with van der Waals surface area (Å²) in [5.41, 5.74) is 1.87. The van der Waals surface area contributed by atoms with Gasteiger partial charge in [0.15, 0.2) is 10.1 Å². The largest absolute Gasteiger partial charge is 0.741 e. The van der Waals surface area contributed by atoms with Crippen LogP contribution in [0.2, 0.25) is 0 Å². The van der Waals surface area contributed by atoms with Gasteiger partial charge in [-0.25, -0.2) is 8.42 Å². The van der Waals surface area contributed by atoms with E-state index in [1.807, 2.05) is 0 Å². The lowest BCUT2D eigenvalue weighted by molar-refractivity contribution is -0.0517. The van der Waals surface area contributed by atoms with E-state index >= 15 is 0 Å². The minimum atomic E-state index is -6.09. The zero-order valence-corrected chi connectivity index (χ0v) is 25.7. The Kier molecular flexibility index (Phi) is 9.94. The summed E-state index contributed by atoms with van der Waals surface area (Å²) in [6, 6.07) is 59.4. The lowest BCUT2D eigenvalue weighted by Gasteiger charge is -2.13. The van der Waals surface area contributed by atoms with Gasteiger partial charge in [-0.3, -0.25) is 0 Å². The van der Waals surface area contributed by atoms with Crippen LogP contribution in [0.1, 0.15) is 0 Å². The molecule has 45 heavy (non-hydrogen) atoms. The van der Waals surface area contributed by atoms with E-state index in [2.05, 4.69) is 164 Å². The van der Waals surface area contributed by atoms with E-state index in [-0.39, 0.29) is 0 Å². The molecule has 0 saturated carbocycles. The van der Waals surface area contributed by atoms with Gasteiger partial charge in [0.1, 0.15) is 15.9 Å². The molecule has 6 rings (SSSR count). The summed E-state index contributed by atoms with van der Waals surface area (Å²) in [7, 11) is -7.26. The summed E-state index contributed by atoms with van der Waals surface area (Å²) in [5, 5.41) is 4.18. The monoisotopic (exact) mass is 640 g/mol. The Morgan fingerprint density at radius 3 is 0.800 bits per heavy atom. The van der Waals surface area contributed by atoms with E-state index in [1.54, 1.807) is 0 Å². The van der Waals surface area contributed by atoms with Crippen LogP contribution < -0.4 is 15.9 Å². The minimum absolute atomic E-state index is 1.17. The maximum Gasteiger partial charge on any atom is 0.485 e. The van der Waals surface area contributed by atoms with Gasteiger partial charge in [-0.05, 0) is 69.8 Å². The van der Waals surface area contributed by atoms with Gasteiger partial charge in [-0.15, -0.1) is 0 Å². The third kappa shape index (κ3) is 8.14. The summed E-state index contributed by atoms with van der Waals surface area (Å²) < 4.78 is 58.9. The van der Waals surface area contributed by atoms with Crippen LogP contribution in [0, 0.1) is 0 Å². The van der Waals surface area contributed by atoms with Crippen molar-refractivity contribution in [3.8, 4) is 33.4 Å². The summed E-state index contributed by atoms with van der Waals surface area (Å²) in [6.07, 6.45) is 0. The number of alkyl halides is 3. The summed E-state index contributed by atoms with van der Waals surface area (Å²) >= 11 is 0. The van der Waals surface area contributed by atoms with Crippen molar-refractivity contribution in [2.75, 3.05) is 0 Å². The lowest BCUT2D eigenvalue weighted by Crippen LogP contribution is -2.21. The molecule has 3 nitrogen and oxygen atoms in total. The zero-order chi connectivity index (χ0) is 31.9. The van der Waals surface area contributed by atoms with Crippen molar-refractivity contribution in [2.45, 2.75) is 5.51 Å². The van der Waals surface area contributed by atoms with Gasteiger partial charge in [0.2, 0.25) is 0 Å². The Morgan fingerprint density at radius 2 is 0.600 bits per heavy atom. The molecule has 0 aliphatic heterocycles. The molecule has 0 atom stereocenters. The molecule has 0 fully saturated rings. The van der Waals surface area contributed by atoms with Gasteiger partial charge in [0.05, 0.1) is 7.92 Å². The van der Waals surface area contributed by atoms with Crippen LogP contribution >= 0.6 is 7.92 Å². The predicted molar refractivity (Wildman–Crippen MR) is 179 cm³/mol. The Morgan fingerprint density at radius 1 is 0.400 bits per heavy atom. The van der Waals surface area contributed by atoms with Gasteiger partial charge in [0, 0.05) is 0 Å². The Hall–Kier alpha value is -4.55. The molecule has 6 aromatic carbocycles. The van der Waals surface area contributed by atoms with Crippen LogP contribution in [-0.4, -0.2) is 18.5 Å². The Bertz CT molecular complexity index is 1720. The highest BCUT2D eigenvalue weighted by Gasteiger charge is 2.37. The van der Waals surface area contributed by atoms with E-state index in [0.717, 1.165) is 0 Å². The smallest absolute Gasteiger partial charge is 0.485 e. The average molecular weight is 641 g/mol. The molecule has 0 unspecified atom stereocenters. The number of halogens is 3. The summed E-state index contributed by atoms with van der Waals surface area (Å²) in [5.74, 6) is 0. The maximum atomic E-state index is 10.7. The number of benzene rings is 6. The molecule has 6 aromatic rings. The van der Waals surface area contributed by atoms with Crippen molar-refractivity contribution in [2.24, 2.45) is 0 Å². The standard InChI is InChI=1S/C36H27P.CHF3O3S/c1-4-10-28(11-5-1)31-16-22-34(23-17-31)37(35-24-18-32(19-25-35)29-12-6-2-7-13-29)36-26-20-33(21-27-36)30-14-8-3-9-15-30;2-1(3,4)8(5,6)7/h1-27H;(H,5,6,7). The highest BCUT2D eigenvalue weighted by Crippen LogP contribution is 2.35. The van der Waals surface area contributed by atoms with Crippen molar-refractivity contribution in [3.63, 3.8) is 0 Å². The molecule has 0 aliphatic carbocycles. The highest BCUT2D eigenvalue weighted by molar-refractivity contribution is 7.86. The van der Waals surface area contributed by atoms with Gasteiger partial charge < -0.3 is 4.55 Å². The van der Waals surface area contributed by atoms with Crippen LogP contribution in [0.25, 0.3) is 33.4 Å². The first-order chi connectivity index (χ1) is 21.6. The van der Waals surface area contributed by atoms with Gasteiger partial charge >= 0.3 is 5.51 Å². The lowest BCUT2D eigenvalue weighted by atomic mass is 10.1. The normalized spacial score (nSPS) is 11.5. The van der Waals surface area contributed by atoms with Crippen molar-refractivity contribution < 1.29 is 26.1 Å². The van der Waals surface area contributed by atoms with E-state index in [0.29, 0.717) is 0 Å². The third-order valence-electron chi connectivity index (χ3n) is 7.13.